The molecule has 3 rings (SSSR count). The van der Waals surface area contributed by atoms with Gasteiger partial charge in [-0.05, 0) is 38.1 Å². The van der Waals surface area contributed by atoms with E-state index in [0.29, 0.717) is 0 Å². The van der Waals surface area contributed by atoms with Crippen molar-refractivity contribution in [2.75, 3.05) is 18.0 Å². The maximum absolute atomic E-state index is 4.84. The van der Waals surface area contributed by atoms with Gasteiger partial charge in [0.25, 0.3) is 0 Å². The first-order valence-corrected chi connectivity index (χ1v) is 8.30. The molecular formula is C18H18BrN3. The molecule has 0 saturated carbocycles. The molecule has 0 aliphatic carbocycles. The Balaban J connectivity index is 2.22. The summed E-state index contributed by atoms with van der Waals surface area (Å²) in [6.07, 6.45) is 0. The Hall–Kier alpha value is -1.94. The van der Waals surface area contributed by atoms with Crippen LogP contribution in [0.5, 0.6) is 0 Å². The third kappa shape index (κ3) is 2.83. The monoisotopic (exact) mass is 355 g/mol. The van der Waals surface area contributed by atoms with E-state index in [4.69, 9.17) is 9.97 Å². The van der Waals surface area contributed by atoms with Gasteiger partial charge in [0.05, 0.1) is 5.52 Å². The molecule has 0 bridgehead atoms. The Labute approximate surface area is 139 Å². The van der Waals surface area contributed by atoms with Crippen LogP contribution in [0.1, 0.15) is 13.8 Å². The summed E-state index contributed by atoms with van der Waals surface area (Å²) in [5, 5.41) is 1.10. The highest BCUT2D eigenvalue weighted by Crippen LogP contribution is 2.28. The van der Waals surface area contributed by atoms with Gasteiger partial charge in [-0.15, -0.1) is 0 Å². The van der Waals surface area contributed by atoms with Crippen LogP contribution >= 0.6 is 15.9 Å². The average molecular weight is 356 g/mol. The fraction of sp³-hybridized carbons (Fsp3) is 0.222. The highest BCUT2D eigenvalue weighted by Gasteiger charge is 2.13. The van der Waals surface area contributed by atoms with Crippen molar-refractivity contribution in [3.63, 3.8) is 0 Å². The number of rotatable bonds is 4. The van der Waals surface area contributed by atoms with E-state index in [-0.39, 0.29) is 0 Å². The lowest BCUT2D eigenvalue weighted by Crippen LogP contribution is -2.23. The van der Waals surface area contributed by atoms with E-state index in [1.165, 1.54) is 0 Å². The van der Waals surface area contributed by atoms with Crippen molar-refractivity contribution in [3.8, 4) is 11.4 Å². The number of nitrogens with zero attached hydrogens (tertiary/aromatic N) is 3. The van der Waals surface area contributed by atoms with E-state index in [1.54, 1.807) is 0 Å². The van der Waals surface area contributed by atoms with Crippen LogP contribution in [0.4, 0.5) is 5.82 Å². The Kier molecular flexibility index (Phi) is 4.39. The number of benzene rings is 2. The van der Waals surface area contributed by atoms with Crippen LogP contribution in [-0.2, 0) is 0 Å². The summed E-state index contributed by atoms with van der Waals surface area (Å²) in [5.74, 6) is 1.78. The standard InChI is InChI=1S/C18H18BrN3/c1-3-22(4-2)18-15-7-5-6-8-16(15)20-17(21-18)13-9-11-14(19)12-10-13/h5-12H,3-4H2,1-2H3. The van der Waals surface area contributed by atoms with Crippen LogP contribution in [0.2, 0.25) is 0 Å². The van der Waals surface area contributed by atoms with Gasteiger partial charge in [0, 0.05) is 28.5 Å². The second kappa shape index (κ2) is 6.44. The molecule has 1 aromatic heterocycles. The van der Waals surface area contributed by atoms with Gasteiger partial charge in [-0.2, -0.15) is 0 Å². The van der Waals surface area contributed by atoms with Gasteiger partial charge in [-0.25, -0.2) is 9.97 Å². The van der Waals surface area contributed by atoms with Crippen molar-refractivity contribution < 1.29 is 0 Å². The molecule has 0 N–H and O–H groups in total. The van der Waals surface area contributed by atoms with Gasteiger partial charge in [0.1, 0.15) is 5.82 Å². The van der Waals surface area contributed by atoms with Gasteiger partial charge in [0.2, 0.25) is 0 Å². The normalized spacial score (nSPS) is 10.9. The number of hydrogen-bond donors (Lipinski definition) is 0. The Morgan fingerprint density at radius 1 is 0.909 bits per heavy atom. The van der Waals surface area contributed by atoms with Crippen molar-refractivity contribution in [1.29, 1.82) is 0 Å². The number of hydrogen-bond acceptors (Lipinski definition) is 3. The second-order valence-electron chi connectivity index (χ2n) is 5.07. The van der Waals surface area contributed by atoms with Gasteiger partial charge < -0.3 is 4.90 Å². The number of para-hydroxylation sites is 1. The molecule has 22 heavy (non-hydrogen) atoms. The Morgan fingerprint density at radius 2 is 1.59 bits per heavy atom. The SMILES string of the molecule is CCN(CC)c1nc(-c2ccc(Br)cc2)nc2ccccc12. The van der Waals surface area contributed by atoms with Crippen LogP contribution in [0.15, 0.2) is 53.0 Å². The molecule has 0 atom stereocenters. The summed E-state index contributed by atoms with van der Waals surface area (Å²) in [6.45, 7) is 6.16. The molecule has 0 unspecified atom stereocenters. The largest absolute Gasteiger partial charge is 0.357 e. The average Bonchev–Trinajstić information content (AvgIpc) is 2.56. The van der Waals surface area contributed by atoms with Gasteiger partial charge in [-0.3, -0.25) is 0 Å². The third-order valence-corrected chi connectivity index (χ3v) is 4.28. The molecule has 0 fully saturated rings. The van der Waals surface area contributed by atoms with Crippen LogP contribution in [0, 0.1) is 0 Å². The lowest BCUT2D eigenvalue weighted by molar-refractivity contribution is 0.850. The zero-order valence-corrected chi connectivity index (χ0v) is 14.3. The van der Waals surface area contributed by atoms with Crippen LogP contribution in [-0.4, -0.2) is 23.1 Å². The van der Waals surface area contributed by atoms with Crippen LogP contribution in [0.3, 0.4) is 0 Å². The predicted molar refractivity (Wildman–Crippen MR) is 96.2 cm³/mol. The summed E-state index contributed by atoms with van der Waals surface area (Å²) in [7, 11) is 0. The van der Waals surface area contributed by atoms with Crippen molar-refractivity contribution in [3.05, 3.63) is 53.0 Å². The molecular weight excluding hydrogens is 338 g/mol. The highest BCUT2D eigenvalue weighted by atomic mass is 79.9. The molecule has 0 saturated heterocycles. The quantitative estimate of drug-likeness (QED) is 0.665. The van der Waals surface area contributed by atoms with Crippen LogP contribution in [0.25, 0.3) is 22.3 Å². The van der Waals surface area contributed by atoms with E-state index in [0.717, 1.165) is 45.7 Å². The maximum Gasteiger partial charge on any atom is 0.162 e. The maximum atomic E-state index is 4.84. The molecule has 0 spiro atoms. The summed E-state index contributed by atoms with van der Waals surface area (Å²) in [5.41, 5.74) is 2.01. The fourth-order valence-corrected chi connectivity index (χ4v) is 2.82. The number of halogens is 1. The van der Waals surface area contributed by atoms with Crippen molar-refractivity contribution in [2.45, 2.75) is 13.8 Å². The molecule has 0 aliphatic rings. The van der Waals surface area contributed by atoms with E-state index in [9.17, 15) is 0 Å². The minimum atomic E-state index is 0.771. The van der Waals surface area contributed by atoms with Gasteiger partial charge >= 0.3 is 0 Å². The lowest BCUT2D eigenvalue weighted by atomic mass is 10.1. The minimum absolute atomic E-state index is 0.771. The summed E-state index contributed by atoms with van der Waals surface area (Å²) < 4.78 is 1.06. The molecule has 4 heteroatoms. The van der Waals surface area contributed by atoms with Crippen molar-refractivity contribution >= 4 is 32.7 Å². The zero-order chi connectivity index (χ0) is 15.5. The highest BCUT2D eigenvalue weighted by molar-refractivity contribution is 9.10. The Morgan fingerprint density at radius 3 is 2.27 bits per heavy atom. The summed E-state index contributed by atoms with van der Waals surface area (Å²) in [4.78, 5) is 11.8. The van der Waals surface area contributed by atoms with Crippen molar-refractivity contribution in [2.24, 2.45) is 0 Å². The molecule has 112 valence electrons. The van der Waals surface area contributed by atoms with E-state index in [1.807, 2.05) is 42.5 Å². The number of fused-ring (bicyclic) bond motifs is 1. The van der Waals surface area contributed by atoms with E-state index < -0.39 is 0 Å². The predicted octanol–water partition coefficient (Wildman–Crippen LogP) is 4.91. The number of anilines is 1. The summed E-state index contributed by atoms with van der Waals surface area (Å²) >= 11 is 3.47. The fourth-order valence-electron chi connectivity index (χ4n) is 2.55. The first kappa shape index (κ1) is 15.0. The molecule has 1 heterocycles. The molecule has 2 aromatic carbocycles. The van der Waals surface area contributed by atoms with E-state index >= 15 is 0 Å². The second-order valence-corrected chi connectivity index (χ2v) is 5.98. The molecule has 3 nitrogen and oxygen atoms in total. The van der Waals surface area contributed by atoms with Gasteiger partial charge in [0.15, 0.2) is 5.82 Å². The zero-order valence-electron chi connectivity index (χ0n) is 12.8. The topological polar surface area (TPSA) is 29.0 Å². The molecule has 3 aromatic rings. The summed E-state index contributed by atoms with van der Waals surface area (Å²) in [6, 6.07) is 16.3. The Bertz CT molecular complexity index is 780. The minimum Gasteiger partial charge on any atom is -0.357 e. The third-order valence-electron chi connectivity index (χ3n) is 3.75. The lowest BCUT2D eigenvalue weighted by Gasteiger charge is -2.22. The van der Waals surface area contributed by atoms with Crippen molar-refractivity contribution in [1.82, 2.24) is 9.97 Å². The van der Waals surface area contributed by atoms with E-state index in [2.05, 4.69) is 40.7 Å². The molecule has 0 amide bonds. The first-order chi connectivity index (χ1) is 10.7. The van der Waals surface area contributed by atoms with Crippen LogP contribution < -0.4 is 4.90 Å². The van der Waals surface area contributed by atoms with Gasteiger partial charge in [-0.1, -0.05) is 40.2 Å². The molecule has 0 aliphatic heterocycles. The first-order valence-electron chi connectivity index (χ1n) is 7.50. The number of aromatic nitrogens is 2. The molecule has 0 radical (unpaired) electrons. The smallest absolute Gasteiger partial charge is 0.162 e.